The first kappa shape index (κ1) is 20.2. The van der Waals surface area contributed by atoms with Gasteiger partial charge in [0.15, 0.2) is 6.10 Å². The molecular formula is C22H25NO4. The van der Waals surface area contributed by atoms with E-state index < -0.39 is 12.1 Å². The molecule has 2 aromatic carbocycles. The highest BCUT2D eigenvalue weighted by atomic mass is 16.5. The number of nitrogens with one attached hydrogen (secondary N) is 1. The molecule has 1 atom stereocenters. The standard InChI is InChI=1S/C22H25NO4/c1-3-26-20-12-8-7-11-19(20)13-14-21(24)27-17(2)22(25)23-16-15-18-9-5-4-6-10-18/h4-14,17H,3,15-16H2,1-2H3,(H,23,25)/b14-13+. The molecule has 5 heteroatoms. The zero-order chi connectivity index (χ0) is 19.5. The molecule has 0 fully saturated rings. The third-order valence-corrected chi connectivity index (χ3v) is 3.84. The first-order valence-electron chi connectivity index (χ1n) is 9.02. The van der Waals surface area contributed by atoms with Crippen LogP contribution in [0.15, 0.2) is 60.7 Å². The van der Waals surface area contributed by atoms with E-state index in [0.717, 1.165) is 17.5 Å². The average Bonchev–Trinajstić information content (AvgIpc) is 2.68. The lowest BCUT2D eigenvalue weighted by atomic mass is 10.1. The molecule has 1 unspecified atom stereocenters. The summed E-state index contributed by atoms with van der Waals surface area (Å²) >= 11 is 0. The van der Waals surface area contributed by atoms with E-state index in [4.69, 9.17) is 9.47 Å². The summed E-state index contributed by atoms with van der Waals surface area (Å²) in [5.41, 5.74) is 1.91. The fourth-order valence-corrected chi connectivity index (χ4v) is 2.45. The third kappa shape index (κ3) is 6.98. The Bertz CT molecular complexity index is 771. The Hall–Kier alpha value is -3.08. The highest BCUT2D eigenvalue weighted by Crippen LogP contribution is 2.19. The second-order valence-corrected chi connectivity index (χ2v) is 5.91. The second kappa shape index (κ2) is 10.8. The predicted octanol–water partition coefficient (Wildman–Crippen LogP) is 3.39. The molecule has 2 rings (SSSR count). The van der Waals surface area contributed by atoms with Gasteiger partial charge in [-0.3, -0.25) is 4.79 Å². The van der Waals surface area contributed by atoms with E-state index >= 15 is 0 Å². The molecule has 0 aliphatic heterocycles. The first-order valence-corrected chi connectivity index (χ1v) is 9.02. The highest BCUT2D eigenvalue weighted by Gasteiger charge is 2.16. The van der Waals surface area contributed by atoms with E-state index in [9.17, 15) is 9.59 Å². The average molecular weight is 367 g/mol. The van der Waals surface area contributed by atoms with Gasteiger partial charge in [-0.25, -0.2) is 4.79 Å². The number of carbonyl (C=O) groups is 2. The van der Waals surface area contributed by atoms with E-state index in [1.165, 1.54) is 6.08 Å². The maximum atomic E-state index is 12.0. The van der Waals surface area contributed by atoms with Gasteiger partial charge in [-0.1, -0.05) is 48.5 Å². The van der Waals surface area contributed by atoms with Gasteiger partial charge in [0, 0.05) is 18.2 Å². The van der Waals surface area contributed by atoms with Crippen molar-refractivity contribution >= 4 is 18.0 Å². The summed E-state index contributed by atoms with van der Waals surface area (Å²) in [6.07, 6.45) is 2.78. The summed E-state index contributed by atoms with van der Waals surface area (Å²) in [6.45, 7) is 4.47. The molecular weight excluding hydrogens is 342 g/mol. The van der Waals surface area contributed by atoms with Crippen LogP contribution in [0, 0.1) is 0 Å². The number of hydrogen-bond acceptors (Lipinski definition) is 4. The van der Waals surface area contributed by atoms with Crippen molar-refractivity contribution in [3.05, 3.63) is 71.8 Å². The zero-order valence-electron chi connectivity index (χ0n) is 15.7. The maximum absolute atomic E-state index is 12.0. The van der Waals surface area contributed by atoms with Crippen LogP contribution in [0.2, 0.25) is 0 Å². The Morgan fingerprint density at radius 3 is 2.52 bits per heavy atom. The molecule has 0 bridgehead atoms. The molecule has 0 spiro atoms. The van der Waals surface area contributed by atoms with Crippen LogP contribution in [-0.2, 0) is 20.7 Å². The van der Waals surface area contributed by atoms with E-state index in [0.29, 0.717) is 18.9 Å². The van der Waals surface area contributed by atoms with E-state index in [1.54, 1.807) is 13.0 Å². The molecule has 0 aliphatic rings. The number of rotatable bonds is 9. The lowest BCUT2D eigenvalue weighted by Crippen LogP contribution is -2.36. The largest absolute Gasteiger partial charge is 0.493 e. The summed E-state index contributed by atoms with van der Waals surface area (Å²) in [5, 5.41) is 2.78. The van der Waals surface area contributed by atoms with Crippen LogP contribution in [0.1, 0.15) is 25.0 Å². The number of para-hydroxylation sites is 1. The highest BCUT2D eigenvalue weighted by molar-refractivity contribution is 5.90. The fourth-order valence-electron chi connectivity index (χ4n) is 2.45. The summed E-state index contributed by atoms with van der Waals surface area (Å²) in [5.74, 6) is -0.204. The van der Waals surface area contributed by atoms with Crippen LogP contribution in [-0.4, -0.2) is 31.1 Å². The number of benzene rings is 2. The van der Waals surface area contributed by atoms with Crippen LogP contribution >= 0.6 is 0 Å². The van der Waals surface area contributed by atoms with Crippen LogP contribution in [0.25, 0.3) is 6.08 Å². The van der Waals surface area contributed by atoms with Crippen molar-refractivity contribution in [3.63, 3.8) is 0 Å². The molecule has 0 aromatic heterocycles. The molecule has 1 N–H and O–H groups in total. The number of amides is 1. The van der Waals surface area contributed by atoms with Gasteiger partial charge in [0.1, 0.15) is 5.75 Å². The summed E-state index contributed by atoms with van der Waals surface area (Å²) in [6, 6.07) is 17.3. The normalized spacial score (nSPS) is 11.8. The Kier molecular flexibility index (Phi) is 8.10. The lowest BCUT2D eigenvalue weighted by Gasteiger charge is -2.12. The molecule has 0 aliphatic carbocycles. The van der Waals surface area contributed by atoms with Gasteiger partial charge in [0.25, 0.3) is 5.91 Å². The van der Waals surface area contributed by atoms with Gasteiger partial charge in [-0.2, -0.15) is 0 Å². The van der Waals surface area contributed by atoms with E-state index in [-0.39, 0.29) is 5.91 Å². The molecule has 0 saturated carbocycles. The van der Waals surface area contributed by atoms with E-state index in [1.807, 2.05) is 61.5 Å². The SMILES string of the molecule is CCOc1ccccc1/C=C/C(=O)OC(C)C(=O)NCCc1ccccc1. The topological polar surface area (TPSA) is 64.6 Å². The monoisotopic (exact) mass is 367 g/mol. The smallest absolute Gasteiger partial charge is 0.331 e. The van der Waals surface area contributed by atoms with Crippen molar-refractivity contribution < 1.29 is 19.1 Å². The van der Waals surface area contributed by atoms with E-state index in [2.05, 4.69) is 5.32 Å². The van der Waals surface area contributed by atoms with Gasteiger partial charge in [0.2, 0.25) is 0 Å². The van der Waals surface area contributed by atoms with Crippen LogP contribution in [0.3, 0.4) is 0 Å². The van der Waals surface area contributed by atoms with Crippen molar-refractivity contribution in [2.45, 2.75) is 26.4 Å². The first-order chi connectivity index (χ1) is 13.1. The number of hydrogen-bond donors (Lipinski definition) is 1. The number of esters is 1. The summed E-state index contributed by atoms with van der Waals surface area (Å²) < 4.78 is 10.7. The van der Waals surface area contributed by atoms with Gasteiger partial charge in [0.05, 0.1) is 6.61 Å². The van der Waals surface area contributed by atoms with Crippen molar-refractivity contribution in [2.75, 3.05) is 13.2 Å². The quantitative estimate of drug-likeness (QED) is 0.545. The van der Waals surface area contributed by atoms with Crippen molar-refractivity contribution in [3.8, 4) is 5.75 Å². The Morgan fingerprint density at radius 2 is 1.78 bits per heavy atom. The van der Waals surface area contributed by atoms with Crippen molar-refractivity contribution in [1.82, 2.24) is 5.32 Å². The summed E-state index contributed by atoms with van der Waals surface area (Å²) in [7, 11) is 0. The van der Waals surface area contributed by atoms with Gasteiger partial charge in [-0.15, -0.1) is 0 Å². The Labute approximate surface area is 160 Å². The Balaban J connectivity index is 1.79. The summed E-state index contributed by atoms with van der Waals surface area (Å²) in [4.78, 5) is 24.0. The molecule has 0 radical (unpaired) electrons. The van der Waals surface area contributed by atoms with Gasteiger partial charge >= 0.3 is 5.97 Å². The molecule has 1 amide bonds. The maximum Gasteiger partial charge on any atom is 0.331 e. The molecule has 27 heavy (non-hydrogen) atoms. The molecule has 5 nitrogen and oxygen atoms in total. The predicted molar refractivity (Wildman–Crippen MR) is 105 cm³/mol. The van der Waals surface area contributed by atoms with Crippen LogP contribution in [0.4, 0.5) is 0 Å². The lowest BCUT2D eigenvalue weighted by molar-refractivity contribution is -0.150. The minimum atomic E-state index is -0.861. The molecule has 142 valence electrons. The third-order valence-electron chi connectivity index (χ3n) is 3.84. The van der Waals surface area contributed by atoms with Gasteiger partial charge in [-0.05, 0) is 38.0 Å². The van der Waals surface area contributed by atoms with Crippen LogP contribution < -0.4 is 10.1 Å². The molecule has 0 heterocycles. The molecule has 2 aromatic rings. The van der Waals surface area contributed by atoms with Crippen molar-refractivity contribution in [2.24, 2.45) is 0 Å². The zero-order valence-corrected chi connectivity index (χ0v) is 15.7. The van der Waals surface area contributed by atoms with Gasteiger partial charge < -0.3 is 14.8 Å². The fraction of sp³-hybridized carbons (Fsp3) is 0.273. The Morgan fingerprint density at radius 1 is 1.07 bits per heavy atom. The van der Waals surface area contributed by atoms with Crippen LogP contribution in [0.5, 0.6) is 5.75 Å². The number of carbonyl (C=O) groups excluding carboxylic acids is 2. The minimum Gasteiger partial charge on any atom is -0.493 e. The second-order valence-electron chi connectivity index (χ2n) is 5.91. The number of ether oxygens (including phenoxy) is 2. The van der Waals surface area contributed by atoms with Crippen molar-refractivity contribution in [1.29, 1.82) is 0 Å². The minimum absolute atomic E-state index is 0.317. The molecule has 0 saturated heterocycles.